The molecule has 3 heterocycles. The highest BCUT2D eigenvalue weighted by molar-refractivity contribution is 7.16. The summed E-state index contributed by atoms with van der Waals surface area (Å²) in [6, 6.07) is 7.35. The Morgan fingerprint density at radius 1 is 1.48 bits per heavy atom. The van der Waals surface area contributed by atoms with Crippen molar-refractivity contribution in [2.75, 3.05) is 13.1 Å². The maximum absolute atomic E-state index is 12.9. The van der Waals surface area contributed by atoms with E-state index < -0.39 is 0 Å². The molecule has 1 fully saturated rings. The Bertz CT molecular complexity index is 756. The van der Waals surface area contributed by atoms with Gasteiger partial charge in [0.05, 0.1) is 29.6 Å². The third-order valence-corrected chi connectivity index (χ3v) is 5.34. The number of hydrogen-bond acceptors (Lipinski definition) is 4. The summed E-state index contributed by atoms with van der Waals surface area (Å²) in [5.41, 5.74) is 0. The van der Waals surface area contributed by atoms with Crippen LogP contribution in [0.3, 0.4) is 0 Å². The Balaban J connectivity index is 1.65. The van der Waals surface area contributed by atoms with Crippen molar-refractivity contribution in [1.82, 2.24) is 9.80 Å². The third kappa shape index (κ3) is 4.32. The van der Waals surface area contributed by atoms with E-state index in [-0.39, 0.29) is 24.2 Å². The molecule has 0 saturated carbocycles. The molecule has 2 aromatic rings. The predicted octanol–water partition coefficient (Wildman–Crippen LogP) is 3.56. The Kier molecular flexibility index (Phi) is 5.60. The minimum Gasteiger partial charge on any atom is -0.467 e. The molecule has 0 bridgehead atoms. The number of amides is 2. The van der Waals surface area contributed by atoms with Crippen LogP contribution in [0.25, 0.3) is 0 Å². The first-order chi connectivity index (χ1) is 12.1. The second-order valence-electron chi connectivity index (χ2n) is 5.97. The van der Waals surface area contributed by atoms with Crippen LogP contribution in [-0.4, -0.2) is 34.7 Å². The highest BCUT2D eigenvalue weighted by Gasteiger charge is 2.36. The van der Waals surface area contributed by atoms with Gasteiger partial charge in [0.15, 0.2) is 0 Å². The number of rotatable bonds is 7. The van der Waals surface area contributed by atoms with Crippen molar-refractivity contribution in [2.45, 2.75) is 19.5 Å². The maximum atomic E-state index is 12.9. The van der Waals surface area contributed by atoms with Crippen LogP contribution in [0.4, 0.5) is 0 Å². The van der Waals surface area contributed by atoms with Gasteiger partial charge in [-0.25, -0.2) is 0 Å². The Hall–Kier alpha value is -2.05. The third-order valence-electron chi connectivity index (χ3n) is 4.13. The molecule has 1 saturated heterocycles. The molecule has 7 heteroatoms. The van der Waals surface area contributed by atoms with E-state index in [0.29, 0.717) is 30.5 Å². The summed E-state index contributed by atoms with van der Waals surface area (Å²) in [6.07, 6.45) is 3.51. The van der Waals surface area contributed by atoms with Crippen LogP contribution < -0.4 is 0 Å². The molecule has 25 heavy (non-hydrogen) atoms. The van der Waals surface area contributed by atoms with Gasteiger partial charge in [0.25, 0.3) is 0 Å². The van der Waals surface area contributed by atoms with E-state index in [2.05, 4.69) is 6.58 Å². The van der Waals surface area contributed by atoms with Crippen LogP contribution in [0.5, 0.6) is 0 Å². The zero-order valence-electron chi connectivity index (χ0n) is 13.7. The Labute approximate surface area is 155 Å². The normalized spacial score (nSPS) is 17.1. The molecule has 2 aromatic heterocycles. The predicted molar refractivity (Wildman–Crippen MR) is 97.2 cm³/mol. The molecule has 0 spiro atoms. The van der Waals surface area contributed by atoms with Gasteiger partial charge in [-0.3, -0.25) is 9.59 Å². The first-order valence-electron chi connectivity index (χ1n) is 8.01. The summed E-state index contributed by atoms with van der Waals surface area (Å²) in [7, 11) is 0. The molecular formula is C18H19ClN2O3S. The number of thiophene rings is 1. The van der Waals surface area contributed by atoms with Crippen LogP contribution in [0.1, 0.15) is 17.1 Å². The van der Waals surface area contributed by atoms with Gasteiger partial charge in [-0.05, 0) is 24.3 Å². The fourth-order valence-electron chi connectivity index (χ4n) is 2.95. The first-order valence-corrected chi connectivity index (χ1v) is 9.20. The number of furan rings is 1. The van der Waals surface area contributed by atoms with Crippen LogP contribution in [-0.2, 0) is 22.7 Å². The summed E-state index contributed by atoms with van der Waals surface area (Å²) in [4.78, 5) is 29.5. The number of carbonyl (C=O) groups excluding carboxylic acids is 2. The van der Waals surface area contributed by atoms with Gasteiger partial charge >= 0.3 is 0 Å². The fraction of sp³-hybridized carbons (Fsp3) is 0.333. The minimum atomic E-state index is -0.335. The number of carbonyl (C=O) groups is 2. The SMILES string of the molecule is C=CCN(Cc1ccc(Cl)s1)C(=O)C1CC(=O)N(Cc2ccco2)C1. The van der Waals surface area contributed by atoms with E-state index in [0.717, 1.165) is 10.6 Å². The molecule has 1 aliphatic heterocycles. The van der Waals surface area contributed by atoms with E-state index >= 15 is 0 Å². The van der Waals surface area contributed by atoms with Gasteiger partial charge < -0.3 is 14.2 Å². The molecule has 1 unspecified atom stereocenters. The molecule has 2 amide bonds. The van der Waals surface area contributed by atoms with Crippen LogP contribution >= 0.6 is 22.9 Å². The van der Waals surface area contributed by atoms with E-state index in [1.54, 1.807) is 28.2 Å². The second-order valence-corrected chi connectivity index (χ2v) is 7.77. The summed E-state index contributed by atoms with van der Waals surface area (Å²) < 4.78 is 5.99. The van der Waals surface area contributed by atoms with Gasteiger partial charge in [-0.15, -0.1) is 17.9 Å². The van der Waals surface area contributed by atoms with Crippen LogP contribution in [0.15, 0.2) is 47.6 Å². The number of hydrogen-bond donors (Lipinski definition) is 0. The van der Waals surface area contributed by atoms with Gasteiger partial charge in [0, 0.05) is 24.4 Å². The van der Waals surface area contributed by atoms with Crippen molar-refractivity contribution in [3.8, 4) is 0 Å². The van der Waals surface area contributed by atoms with Gasteiger partial charge in [-0.2, -0.15) is 0 Å². The summed E-state index contributed by atoms with van der Waals surface area (Å²) >= 11 is 7.42. The Morgan fingerprint density at radius 3 is 2.96 bits per heavy atom. The summed E-state index contributed by atoms with van der Waals surface area (Å²) in [5.74, 6) is 0.336. The molecule has 1 aliphatic rings. The number of nitrogens with zero attached hydrogens (tertiary/aromatic N) is 2. The molecule has 0 radical (unpaired) electrons. The fourth-order valence-corrected chi connectivity index (χ4v) is 4.06. The molecule has 5 nitrogen and oxygen atoms in total. The maximum Gasteiger partial charge on any atom is 0.228 e. The molecule has 0 N–H and O–H groups in total. The Morgan fingerprint density at radius 2 is 2.32 bits per heavy atom. The molecular weight excluding hydrogens is 360 g/mol. The quantitative estimate of drug-likeness (QED) is 0.692. The smallest absolute Gasteiger partial charge is 0.228 e. The molecule has 0 aliphatic carbocycles. The van der Waals surface area contributed by atoms with Gasteiger partial charge in [-0.1, -0.05) is 17.7 Å². The highest BCUT2D eigenvalue weighted by Crippen LogP contribution is 2.26. The van der Waals surface area contributed by atoms with Crippen molar-refractivity contribution in [3.63, 3.8) is 0 Å². The lowest BCUT2D eigenvalue weighted by molar-refractivity contribution is -0.135. The molecule has 3 rings (SSSR count). The lowest BCUT2D eigenvalue weighted by atomic mass is 10.1. The second kappa shape index (κ2) is 7.89. The highest BCUT2D eigenvalue weighted by atomic mass is 35.5. The molecule has 0 aromatic carbocycles. The van der Waals surface area contributed by atoms with Gasteiger partial charge in [0.2, 0.25) is 11.8 Å². The molecule has 1 atom stereocenters. The average molecular weight is 379 g/mol. The topological polar surface area (TPSA) is 53.8 Å². The van der Waals surface area contributed by atoms with Crippen molar-refractivity contribution in [1.29, 1.82) is 0 Å². The van der Waals surface area contributed by atoms with Crippen LogP contribution in [0, 0.1) is 5.92 Å². The van der Waals surface area contributed by atoms with E-state index in [4.69, 9.17) is 16.0 Å². The lowest BCUT2D eigenvalue weighted by Gasteiger charge is -2.24. The van der Waals surface area contributed by atoms with E-state index in [9.17, 15) is 9.59 Å². The first kappa shape index (κ1) is 17.8. The molecule has 132 valence electrons. The van der Waals surface area contributed by atoms with Crippen LogP contribution in [0.2, 0.25) is 4.34 Å². The number of likely N-dealkylation sites (tertiary alicyclic amines) is 1. The standard InChI is InChI=1S/C18H19ClN2O3S/c1-2-7-20(12-15-5-6-16(19)25-15)18(23)13-9-17(22)21(10-13)11-14-4-3-8-24-14/h2-6,8,13H,1,7,9-12H2. The minimum absolute atomic E-state index is 0.0209. The summed E-state index contributed by atoms with van der Waals surface area (Å²) in [5, 5.41) is 0. The largest absolute Gasteiger partial charge is 0.467 e. The van der Waals surface area contributed by atoms with Gasteiger partial charge in [0.1, 0.15) is 5.76 Å². The van der Waals surface area contributed by atoms with Crippen molar-refractivity contribution < 1.29 is 14.0 Å². The van der Waals surface area contributed by atoms with E-state index in [1.165, 1.54) is 11.3 Å². The number of halogens is 1. The van der Waals surface area contributed by atoms with E-state index in [1.807, 2.05) is 18.2 Å². The average Bonchev–Trinajstić information content (AvgIpc) is 3.30. The zero-order valence-corrected chi connectivity index (χ0v) is 15.3. The van der Waals surface area contributed by atoms with Crippen molar-refractivity contribution >= 4 is 34.8 Å². The summed E-state index contributed by atoms with van der Waals surface area (Å²) in [6.45, 7) is 5.46. The van der Waals surface area contributed by atoms with Crippen molar-refractivity contribution in [3.05, 3.63) is 58.2 Å². The van der Waals surface area contributed by atoms with Crippen molar-refractivity contribution in [2.24, 2.45) is 5.92 Å². The zero-order chi connectivity index (χ0) is 17.8. The lowest BCUT2D eigenvalue weighted by Crippen LogP contribution is -2.37. The monoisotopic (exact) mass is 378 g/mol.